The highest BCUT2D eigenvalue weighted by atomic mass is 19.4. The van der Waals surface area contributed by atoms with Crippen LogP contribution in [0.3, 0.4) is 0 Å². The SMILES string of the molecule is O=C(NC1CCc2ccccc21)C1=COC2=NC(=O)N(Cc3ccccc3C(F)(F)F)CCN12. The van der Waals surface area contributed by atoms with Crippen LogP contribution in [-0.2, 0) is 28.7 Å². The van der Waals surface area contributed by atoms with E-state index in [9.17, 15) is 22.8 Å². The van der Waals surface area contributed by atoms with E-state index in [0.29, 0.717) is 0 Å². The van der Waals surface area contributed by atoms with Crippen molar-refractivity contribution in [2.24, 2.45) is 4.99 Å². The van der Waals surface area contributed by atoms with Crippen molar-refractivity contribution < 1.29 is 27.5 Å². The topological polar surface area (TPSA) is 74.2 Å². The largest absolute Gasteiger partial charge is 0.431 e. The van der Waals surface area contributed by atoms with Crippen molar-refractivity contribution in [3.8, 4) is 0 Å². The third kappa shape index (κ3) is 4.11. The van der Waals surface area contributed by atoms with Crippen molar-refractivity contribution in [1.82, 2.24) is 15.1 Å². The van der Waals surface area contributed by atoms with E-state index in [1.165, 1.54) is 39.8 Å². The number of carbonyl (C=O) groups excluding carboxylic acids is 2. The summed E-state index contributed by atoms with van der Waals surface area (Å²) in [6.07, 6.45) is -1.63. The number of carbonyl (C=O) groups is 2. The van der Waals surface area contributed by atoms with Gasteiger partial charge in [0.1, 0.15) is 12.0 Å². The van der Waals surface area contributed by atoms with Crippen molar-refractivity contribution in [1.29, 1.82) is 0 Å². The number of nitrogens with one attached hydrogen (secondary N) is 1. The lowest BCUT2D eigenvalue weighted by Crippen LogP contribution is -2.39. The molecule has 3 amide bonds. The van der Waals surface area contributed by atoms with E-state index in [1.54, 1.807) is 0 Å². The second kappa shape index (κ2) is 8.51. The molecule has 1 unspecified atom stereocenters. The number of ether oxygens (including phenoxy) is 1. The zero-order valence-electron chi connectivity index (χ0n) is 18.0. The van der Waals surface area contributed by atoms with Gasteiger partial charge in [-0.3, -0.25) is 9.69 Å². The first-order chi connectivity index (χ1) is 16.3. The summed E-state index contributed by atoms with van der Waals surface area (Å²) in [6.45, 7) is -0.0409. The molecule has 2 aliphatic heterocycles. The Balaban J connectivity index is 1.29. The number of hydrogen-bond donors (Lipinski definition) is 1. The molecule has 1 atom stereocenters. The highest BCUT2D eigenvalue weighted by Gasteiger charge is 2.37. The summed E-state index contributed by atoms with van der Waals surface area (Å²) in [5, 5.41) is 3.01. The Bertz CT molecular complexity index is 1210. The molecule has 2 aromatic carbocycles. The van der Waals surface area contributed by atoms with Crippen LogP contribution < -0.4 is 5.32 Å². The fourth-order valence-corrected chi connectivity index (χ4v) is 4.51. The number of alkyl halides is 3. The molecule has 1 aliphatic carbocycles. The van der Waals surface area contributed by atoms with Crippen LogP contribution in [0.1, 0.15) is 34.7 Å². The van der Waals surface area contributed by atoms with Crippen LogP contribution in [0.15, 0.2) is 65.5 Å². The first-order valence-electron chi connectivity index (χ1n) is 10.9. The number of hydrogen-bond acceptors (Lipinski definition) is 4. The molecule has 0 bridgehead atoms. The highest BCUT2D eigenvalue weighted by molar-refractivity contribution is 6.02. The Morgan fingerprint density at radius 1 is 1.12 bits per heavy atom. The van der Waals surface area contributed by atoms with Gasteiger partial charge in [0.15, 0.2) is 0 Å². The molecule has 0 spiro atoms. The van der Waals surface area contributed by atoms with Gasteiger partial charge in [-0.05, 0) is 35.6 Å². The van der Waals surface area contributed by atoms with Crippen LogP contribution in [-0.4, -0.2) is 40.8 Å². The molecule has 1 N–H and O–H groups in total. The van der Waals surface area contributed by atoms with Crippen molar-refractivity contribution in [2.45, 2.75) is 31.6 Å². The predicted molar refractivity (Wildman–Crippen MR) is 116 cm³/mol. The molecule has 176 valence electrons. The van der Waals surface area contributed by atoms with Gasteiger partial charge in [0.25, 0.3) is 5.91 Å². The quantitative estimate of drug-likeness (QED) is 0.734. The zero-order valence-corrected chi connectivity index (χ0v) is 18.0. The zero-order chi connectivity index (χ0) is 23.9. The lowest BCUT2D eigenvalue weighted by Gasteiger charge is -2.23. The van der Waals surface area contributed by atoms with Gasteiger partial charge in [-0.1, -0.05) is 42.5 Å². The van der Waals surface area contributed by atoms with E-state index < -0.39 is 17.8 Å². The Kier molecular flexibility index (Phi) is 5.51. The average Bonchev–Trinajstić information content (AvgIpc) is 3.36. The van der Waals surface area contributed by atoms with Gasteiger partial charge < -0.3 is 15.0 Å². The molecular weight excluding hydrogens is 449 g/mol. The van der Waals surface area contributed by atoms with Crippen molar-refractivity contribution >= 4 is 18.0 Å². The summed E-state index contributed by atoms with van der Waals surface area (Å²) in [6, 6.07) is 12.1. The fraction of sp³-hybridized carbons (Fsp3) is 0.292. The number of halogens is 3. The molecular formula is C24H21F3N4O3. The monoisotopic (exact) mass is 470 g/mol. The summed E-state index contributed by atoms with van der Waals surface area (Å²) in [4.78, 5) is 32.2. The maximum Gasteiger partial charge on any atom is 0.416 e. The smallest absolute Gasteiger partial charge is 0.416 e. The van der Waals surface area contributed by atoms with E-state index in [4.69, 9.17) is 4.74 Å². The van der Waals surface area contributed by atoms with Crippen LogP contribution in [0.5, 0.6) is 0 Å². The minimum atomic E-state index is -4.53. The average molecular weight is 470 g/mol. The molecule has 2 heterocycles. The fourth-order valence-electron chi connectivity index (χ4n) is 4.51. The molecule has 3 aliphatic rings. The van der Waals surface area contributed by atoms with Crippen molar-refractivity contribution in [3.63, 3.8) is 0 Å². The van der Waals surface area contributed by atoms with Gasteiger partial charge in [0, 0.05) is 19.6 Å². The number of aliphatic imine (C=N–C) groups is 1. The maximum absolute atomic E-state index is 13.4. The Labute approximate surface area is 193 Å². The first kappa shape index (κ1) is 22.0. The van der Waals surface area contributed by atoms with Crippen LogP contribution >= 0.6 is 0 Å². The number of aryl methyl sites for hydroxylation is 1. The third-order valence-corrected chi connectivity index (χ3v) is 6.21. The van der Waals surface area contributed by atoms with E-state index in [1.807, 2.05) is 24.3 Å². The standard InChI is InChI=1S/C24H21F3N4O3/c25-24(26,27)18-8-4-2-6-16(18)13-30-11-12-31-20(14-34-23(31)29-22(30)33)21(32)28-19-10-9-15-5-1-3-7-17(15)19/h1-8,14,19H,9-13H2,(H,28,32). The minimum absolute atomic E-state index is 0.0278. The summed E-state index contributed by atoms with van der Waals surface area (Å²) in [5.74, 6) is -0.366. The number of amides is 3. The molecule has 0 radical (unpaired) electrons. The molecule has 0 aromatic heterocycles. The lowest BCUT2D eigenvalue weighted by atomic mass is 10.1. The van der Waals surface area contributed by atoms with Crippen LogP contribution in [0.25, 0.3) is 0 Å². The molecule has 7 nitrogen and oxygen atoms in total. The van der Waals surface area contributed by atoms with Gasteiger partial charge in [0.05, 0.1) is 11.6 Å². The number of nitrogens with zero attached hydrogens (tertiary/aromatic N) is 3. The van der Waals surface area contributed by atoms with Gasteiger partial charge in [0.2, 0.25) is 0 Å². The third-order valence-electron chi connectivity index (χ3n) is 6.21. The second-order valence-electron chi connectivity index (χ2n) is 8.29. The highest BCUT2D eigenvalue weighted by Crippen LogP contribution is 2.33. The molecule has 0 fully saturated rings. The van der Waals surface area contributed by atoms with Crippen molar-refractivity contribution in [2.75, 3.05) is 13.1 Å². The van der Waals surface area contributed by atoms with Gasteiger partial charge in [-0.25, -0.2) is 4.79 Å². The van der Waals surface area contributed by atoms with Crippen molar-refractivity contribution in [3.05, 3.63) is 82.7 Å². The normalized spacial score (nSPS) is 19.6. The molecule has 2 aromatic rings. The van der Waals surface area contributed by atoms with Gasteiger partial charge >= 0.3 is 18.2 Å². The molecule has 5 rings (SSSR count). The lowest BCUT2D eigenvalue weighted by molar-refractivity contribution is -0.138. The van der Waals surface area contributed by atoms with Crippen LogP contribution in [0.4, 0.5) is 18.0 Å². The Hall–Kier alpha value is -3.82. The maximum atomic E-state index is 13.4. The summed E-state index contributed by atoms with van der Waals surface area (Å²) in [7, 11) is 0. The van der Waals surface area contributed by atoms with E-state index in [2.05, 4.69) is 10.3 Å². The van der Waals surface area contributed by atoms with Gasteiger partial charge in [-0.15, -0.1) is 4.99 Å². The number of benzene rings is 2. The summed E-state index contributed by atoms with van der Waals surface area (Å²) < 4.78 is 45.4. The second-order valence-corrected chi connectivity index (χ2v) is 8.29. The number of amidine groups is 1. The van der Waals surface area contributed by atoms with Crippen LogP contribution in [0, 0.1) is 0 Å². The Morgan fingerprint density at radius 3 is 2.71 bits per heavy atom. The van der Waals surface area contributed by atoms with E-state index in [0.717, 1.165) is 24.5 Å². The minimum Gasteiger partial charge on any atom is -0.431 e. The van der Waals surface area contributed by atoms with Gasteiger partial charge in [-0.2, -0.15) is 13.2 Å². The molecule has 10 heteroatoms. The number of urea groups is 1. The Morgan fingerprint density at radius 2 is 1.88 bits per heavy atom. The van der Waals surface area contributed by atoms with E-state index in [-0.39, 0.29) is 48.9 Å². The summed E-state index contributed by atoms with van der Waals surface area (Å²) in [5.41, 5.74) is 1.65. The molecule has 0 saturated carbocycles. The molecule has 0 saturated heterocycles. The summed E-state index contributed by atoms with van der Waals surface area (Å²) >= 11 is 0. The van der Waals surface area contributed by atoms with E-state index >= 15 is 0 Å². The predicted octanol–water partition coefficient (Wildman–Crippen LogP) is 3.97. The van der Waals surface area contributed by atoms with Crippen LogP contribution in [0.2, 0.25) is 0 Å². The number of fused-ring (bicyclic) bond motifs is 2. The molecule has 34 heavy (non-hydrogen) atoms. The first-order valence-corrected chi connectivity index (χ1v) is 10.9. The number of rotatable bonds is 4.